The van der Waals surface area contributed by atoms with Crippen LogP contribution in [0.3, 0.4) is 0 Å². The molecule has 10 heteroatoms. The molecule has 0 spiro atoms. The molecule has 0 saturated carbocycles. The summed E-state index contributed by atoms with van der Waals surface area (Å²) >= 11 is -1.33. The van der Waals surface area contributed by atoms with Crippen LogP contribution in [-0.4, -0.2) is 74.5 Å². The molecular formula is C37H44N5O4S+. The van der Waals surface area contributed by atoms with Gasteiger partial charge in [-0.1, -0.05) is 24.3 Å². The minimum atomic E-state index is -1.33. The zero-order chi connectivity index (χ0) is 33.3. The van der Waals surface area contributed by atoms with Crippen LogP contribution in [0.1, 0.15) is 41.3 Å². The Bertz CT molecular complexity index is 1890. The Morgan fingerprint density at radius 3 is 2.68 bits per heavy atom. The van der Waals surface area contributed by atoms with Gasteiger partial charge < -0.3 is 23.6 Å². The van der Waals surface area contributed by atoms with Crippen molar-refractivity contribution in [3.63, 3.8) is 0 Å². The summed E-state index contributed by atoms with van der Waals surface area (Å²) in [6.07, 6.45) is 7.61. The number of nitrogens with zero attached hydrogens (tertiary/aromatic N) is 4. The molecule has 0 radical (unpaired) electrons. The van der Waals surface area contributed by atoms with Crippen LogP contribution in [0.4, 0.5) is 0 Å². The number of aromatic amines is 1. The van der Waals surface area contributed by atoms with Gasteiger partial charge in [0.2, 0.25) is 0 Å². The molecule has 9 nitrogen and oxygen atoms in total. The number of fused-ring (bicyclic) bond motifs is 5. The first kappa shape index (κ1) is 33.0. The number of H-pyrrole nitrogens is 1. The highest BCUT2D eigenvalue weighted by Crippen LogP contribution is 2.45. The standard InChI is InChI=1S/C20H25N2O.C17H19N3O3S/c1-3-14-13-22(2)11-9-15(14)12-19(22)20(23)17-8-10-21-18-7-5-4-6-16(17)18;1-10-8-18-15(11(2)16(10)23-4)9-24(21)17-19-13-6-5-12(22-3)7-14(13)20-17/h3-8,10,14-15,19-20,23H,1,9,11-13H2,2H3;5-8H,9H2,1-4H3,(H,19,20)/q+1;/t14-,15-,19-,20+,22?;24-/m01/s1. The van der Waals surface area contributed by atoms with Crippen LogP contribution < -0.4 is 9.47 Å². The second kappa shape index (κ2) is 13.6. The maximum atomic E-state index is 12.7. The Kier molecular flexibility index (Phi) is 9.57. The first-order valence-corrected chi connectivity index (χ1v) is 17.4. The molecule has 3 aliphatic rings. The Labute approximate surface area is 279 Å². The lowest BCUT2D eigenvalue weighted by molar-refractivity contribution is -0.956. The highest BCUT2D eigenvalue weighted by atomic mass is 32.2. The average Bonchev–Trinajstić information content (AvgIpc) is 3.53. The molecule has 3 saturated heterocycles. The minimum Gasteiger partial charge on any atom is -0.609 e. The van der Waals surface area contributed by atoms with Gasteiger partial charge in [-0.2, -0.15) is 4.98 Å². The van der Waals surface area contributed by atoms with Crippen LogP contribution in [-0.2, 0) is 16.9 Å². The number of imidazole rings is 1. The predicted octanol–water partition coefficient (Wildman–Crippen LogP) is 6.21. The highest BCUT2D eigenvalue weighted by Gasteiger charge is 2.51. The van der Waals surface area contributed by atoms with E-state index < -0.39 is 17.3 Å². The van der Waals surface area contributed by atoms with Crippen molar-refractivity contribution < 1.29 is 23.6 Å². The van der Waals surface area contributed by atoms with Gasteiger partial charge in [0.05, 0.1) is 56.6 Å². The van der Waals surface area contributed by atoms with E-state index in [-0.39, 0.29) is 11.8 Å². The molecule has 47 heavy (non-hydrogen) atoms. The number of aliphatic hydroxyl groups is 1. The second-order valence-electron chi connectivity index (χ2n) is 13.0. The molecule has 5 aromatic rings. The average molecular weight is 655 g/mol. The number of hydrogen-bond acceptors (Lipinski definition) is 7. The first-order valence-electron chi connectivity index (χ1n) is 16.1. The molecule has 6 heterocycles. The number of aliphatic hydroxyl groups excluding tert-OH is 1. The summed E-state index contributed by atoms with van der Waals surface area (Å²) in [7, 11) is 5.54. The lowest BCUT2D eigenvalue weighted by Gasteiger charge is -2.56. The van der Waals surface area contributed by atoms with E-state index >= 15 is 0 Å². The zero-order valence-electron chi connectivity index (χ0n) is 27.8. The molecule has 8 rings (SSSR count). The molecule has 0 amide bonds. The third-order valence-electron chi connectivity index (χ3n) is 10.2. The Morgan fingerprint density at radius 2 is 1.94 bits per heavy atom. The summed E-state index contributed by atoms with van der Waals surface area (Å²) < 4.78 is 24.2. The molecule has 2 N–H and O–H groups in total. The van der Waals surface area contributed by atoms with Gasteiger partial charge in [0, 0.05) is 64.9 Å². The smallest absolute Gasteiger partial charge is 0.322 e. The molecular weight excluding hydrogens is 611 g/mol. The number of aryl methyl sites for hydroxylation is 1. The minimum absolute atomic E-state index is 0.274. The van der Waals surface area contributed by atoms with E-state index in [1.165, 1.54) is 13.0 Å². The van der Waals surface area contributed by atoms with Crippen LogP contribution >= 0.6 is 0 Å². The summed E-state index contributed by atoms with van der Waals surface area (Å²) in [5.74, 6) is 3.06. The van der Waals surface area contributed by atoms with E-state index in [0.717, 1.165) is 67.5 Å². The Hall–Kier alpha value is -3.96. The number of ether oxygens (including phenoxy) is 2. The third-order valence-corrected chi connectivity index (χ3v) is 11.3. The van der Waals surface area contributed by atoms with Gasteiger partial charge in [0.15, 0.2) is 5.75 Å². The molecule has 3 aliphatic heterocycles. The van der Waals surface area contributed by atoms with E-state index in [0.29, 0.717) is 22.7 Å². The van der Waals surface area contributed by atoms with Gasteiger partial charge in [-0.25, -0.2) is 0 Å². The molecule has 2 bridgehead atoms. The van der Waals surface area contributed by atoms with Gasteiger partial charge >= 0.3 is 5.16 Å². The molecule has 246 valence electrons. The number of rotatable bonds is 8. The Morgan fingerprint density at radius 1 is 1.13 bits per heavy atom. The molecule has 3 aromatic heterocycles. The van der Waals surface area contributed by atoms with Gasteiger partial charge in [0.1, 0.15) is 23.6 Å². The largest absolute Gasteiger partial charge is 0.609 e. The number of hydrogen-bond donors (Lipinski definition) is 2. The maximum absolute atomic E-state index is 12.7. The van der Waals surface area contributed by atoms with Crippen molar-refractivity contribution in [2.75, 3.05) is 34.4 Å². The normalized spacial score (nSPS) is 23.2. The van der Waals surface area contributed by atoms with Crippen LogP contribution in [0, 0.1) is 25.7 Å². The number of pyridine rings is 2. The first-order chi connectivity index (χ1) is 22.6. The van der Waals surface area contributed by atoms with Crippen molar-refractivity contribution in [3.8, 4) is 11.5 Å². The van der Waals surface area contributed by atoms with E-state index in [4.69, 9.17) is 9.47 Å². The van der Waals surface area contributed by atoms with Crippen LogP contribution in [0.25, 0.3) is 21.9 Å². The maximum Gasteiger partial charge on any atom is 0.322 e. The number of likely N-dealkylation sites (N-methyl/N-ethyl adjacent to an activating group) is 1. The van der Waals surface area contributed by atoms with Crippen LogP contribution in [0.5, 0.6) is 11.5 Å². The fraction of sp³-hybridized carbons (Fsp3) is 0.378. The van der Waals surface area contributed by atoms with Gasteiger partial charge in [-0.3, -0.25) is 15.0 Å². The van der Waals surface area contributed by atoms with Crippen LogP contribution in [0.15, 0.2) is 78.7 Å². The summed E-state index contributed by atoms with van der Waals surface area (Å²) in [4.78, 5) is 16.3. The van der Waals surface area contributed by atoms with E-state index in [1.54, 1.807) is 20.4 Å². The van der Waals surface area contributed by atoms with E-state index in [9.17, 15) is 9.66 Å². The topological polar surface area (TPSA) is 116 Å². The fourth-order valence-corrected chi connectivity index (χ4v) is 8.58. The summed E-state index contributed by atoms with van der Waals surface area (Å²) in [6.45, 7) is 10.2. The SMILES string of the molecule is C=C[C@H]1C[N+]2(C)CC[C@H]1C[C@H]2[C@H](O)c1ccnc2ccccc12.COc1ccc2[nH]c([S@+]([O-])Cc3ncc(C)c(OC)c3C)nc2c1. The highest BCUT2D eigenvalue weighted by molar-refractivity contribution is 7.90. The van der Waals surface area contributed by atoms with Crippen LogP contribution in [0.2, 0.25) is 0 Å². The van der Waals surface area contributed by atoms with Gasteiger partial charge in [-0.15, -0.1) is 6.58 Å². The second-order valence-corrected chi connectivity index (χ2v) is 14.3. The summed E-state index contributed by atoms with van der Waals surface area (Å²) in [5.41, 5.74) is 6.15. The molecule has 0 aliphatic carbocycles. The number of quaternary nitrogens is 1. The van der Waals surface area contributed by atoms with Crippen molar-refractivity contribution >= 4 is 33.1 Å². The third kappa shape index (κ3) is 6.47. The molecule has 2 aromatic carbocycles. The lowest BCUT2D eigenvalue weighted by Crippen LogP contribution is -2.66. The number of piperidine rings is 3. The molecule has 3 fully saturated rings. The van der Waals surface area contributed by atoms with Crippen molar-refractivity contribution in [1.29, 1.82) is 0 Å². The Balaban J connectivity index is 0.000000164. The summed E-state index contributed by atoms with van der Waals surface area (Å²) in [5, 5.41) is 12.7. The number of methoxy groups -OCH3 is 2. The van der Waals surface area contributed by atoms with Gasteiger partial charge in [0.25, 0.3) is 0 Å². The van der Waals surface area contributed by atoms with Crippen molar-refractivity contribution in [1.82, 2.24) is 19.9 Å². The number of nitrogens with one attached hydrogen (secondary N) is 1. The van der Waals surface area contributed by atoms with E-state index in [2.05, 4.69) is 45.7 Å². The van der Waals surface area contributed by atoms with Crippen molar-refractivity contribution in [3.05, 3.63) is 96.0 Å². The van der Waals surface area contributed by atoms with Crippen molar-refractivity contribution in [2.24, 2.45) is 11.8 Å². The number of aromatic nitrogens is 4. The zero-order valence-corrected chi connectivity index (χ0v) is 28.6. The van der Waals surface area contributed by atoms with E-state index in [1.807, 2.05) is 62.5 Å². The number of para-hydroxylation sites is 1. The monoisotopic (exact) mass is 654 g/mol. The number of benzene rings is 2. The van der Waals surface area contributed by atoms with Crippen molar-refractivity contribution in [2.45, 2.75) is 49.7 Å². The van der Waals surface area contributed by atoms with Gasteiger partial charge in [-0.05, 0) is 49.6 Å². The summed E-state index contributed by atoms with van der Waals surface area (Å²) in [6, 6.07) is 15.9. The fourth-order valence-electron chi connectivity index (χ4n) is 7.48. The lowest BCUT2D eigenvalue weighted by atomic mass is 9.72. The predicted molar refractivity (Wildman–Crippen MR) is 186 cm³/mol. The molecule has 6 atom stereocenters. The quantitative estimate of drug-likeness (QED) is 0.116. The molecule has 1 unspecified atom stereocenters.